The molecule has 0 saturated heterocycles. The van der Waals surface area contributed by atoms with E-state index < -0.39 is 17.7 Å². The highest BCUT2D eigenvalue weighted by atomic mass is 19.4. The van der Waals surface area contributed by atoms with Crippen LogP contribution in [0.2, 0.25) is 0 Å². The van der Waals surface area contributed by atoms with Gasteiger partial charge in [-0.25, -0.2) is 9.78 Å². The molecule has 1 N–H and O–H groups in total. The minimum Gasteiger partial charge on any atom is -0.477 e. The van der Waals surface area contributed by atoms with Crippen molar-refractivity contribution in [3.8, 4) is 11.6 Å². The topological polar surface area (TPSA) is 59.4 Å². The lowest BCUT2D eigenvalue weighted by atomic mass is 10.2. The second-order valence-corrected chi connectivity index (χ2v) is 4.23. The lowest BCUT2D eigenvalue weighted by molar-refractivity contribution is -0.137. The predicted octanol–water partition coefficient (Wildman–Crippen LogP) is 3.90. The van der Waals surface area contributed by atoms with E-state index in [-0.39, 0.29) is 17.2 Å². The summed E-state index contributed by atoms with van der Waals surface area (Å²) in [7, 11) is 0. The maximum absolute atomic E-state index is 12.4. The van der Waals surface area contributed by atoms with E-state index in [2.05, 4.69) is 4.98 Å². The molecule has 110 valence electrons. The SMILES string of the molecule is Cc1ccc(C(=O)O)c(Oc2ccc(C(F)(F)F)cc2)n1. The molecule has 2 rings (SSSR count). The zero-order valence-electron chi connectivity index (χ0n) is 10.8. The molecule has 21 heavy (non-hydrogen) atoms. The van der Waals surface area contributed by atoms with E-state index in [1.54, 1.807) is 6.92 Å². The predicted molar refractivity (Wildman–Crippen MR) is 67.5 cm³/mol. The normalized spacial score (nSPS) is 11.2. The number of alkyl halides is 3. The summed E-state index contributed by atoms with van der Waals surface area (Å²) >= 11 is 0. The molecule has 7 heteroatoms. The summed E-state index contributed by atoms with van der Waals surface area (Å²) < 4.78 is 42.6. The van der Waals surface area contributed by atoms with Crippen LogP contribution in [0.1, 0.15) is 21.6 Å². The Morgan fingerprint density at radius 2 is 1.76 bits per heavy atom. The molecule has 0 aliphatic rings. The minimum absolute atomic E-state index is 0.0728. The molecule has 1 aromatic carbocycles. The van der Waals surface area contributed by atoms with E-state index in [0.29, 0.717) is 5.69 Å². The van der Waals surface area contributed by atoms with Gasteiger partial charge in [0.1, 0.15) is 11.3 Å². The summed E-state index contributed by atoms with van der Waals surface area (Å²) in [6, 6.07) is 6.75. The molecule has 2 aromatic rings. The summed E-state index contributed by atoms with van der Waals surface area (Å²) in [5.74, 6) is -1.32. The Labute approximate surface area is 117 Å². The molecule has 0 aliphatic heterocycles. The van der Waals surface area contributed by atoms with Gasteiger partial charge < -0.3 is 9.84 Å². The van der Waals surface area contributed by atoms with Crippen molar-refractivity contribution in [1.82, 2.24) is 4.98 Å². The van der Waals surface area contributed by atoms with Crippen molar-refractivity contribution in [2.75, 3.05) is 0 Å². The monoisotopic (exact) mass is 297 g/mol. The smallest absolute Gasteiger partial charge is 0.416 e. The molecule has 0 atom stereocenters. The Morgan fingerprint density at radius 1 is 1.14 bits per heavy atom. The van der Waals surface area contributed by atoms with Gasteiger partial charge in [-0.1, -0.05) is 0 Å². The van der Waals surface area contributed by atoms with Gasteiger partial charge in [-0.2, -0.15) is 13.2 Å². The number of pyridine rings is 1. The first kappa shape index (κ1) is 14.8. The lowest BCUT2D eigenvalue weighted by Gasteiger charge is -2.10. The molecule has 0 saturated carbocycles. The first-order valence-corrected chi connectivity index (χ1v) is 5.83. The van der Waals surface area contributed by atoms with Gasteiger partial charge in [-0.3, -0.25) is 0 Å². The molecule has 0 amide bonds. The zero-order valence-corrected chi connectivity index (χ0v) is 10.8. The number of rotatable bonds is 3. The van der Waals surface area contributed by atoms with E-state index in [1.165, 1.54) is 12.1 Å². The number of carbonyl (C=O) groups is 1. The van der Waals surface area contributed by atoms with Crippen molar-refractivity contribution in [1.29, 1.82) is 0 Å². The van der Waals surface area contributed by atoms with Crippen molar-refractivity contribution in [2.24, 2.45) is 0 Å². The Bertz CT molecular complexity index is 666. The number of carboxylic acids is 1. The fraction of sp³-hybridized carbons (Fsp3) is 0.143. The lowest BCUT2D eigenvalue weighted by Crippen LogP contribution is -2.05. The zero-order chi connectivity index (χ0) is 15.6. The molecule has 1 heterocycles. The number of ether oxygens (including phenoxy) is 1. The Morgan fingerprint density at radius 3 is 2.29 bits per heavy atom. The largest absolute Gasteiger partial charge is 0.477 e. The average Bonchev–Trinajstić information content (AvgIpc) is 2.38. The molecular formula is C14H10F3NO3. The number of aromatic nitrogens is 1. The highest BCUT2D eigenvalue weighted by Gasteiger charge is 2.30. The van der Waals surface area contributed by atoms with Crippen LogP contribution >= 0.6 is 0 Å². The maximum Gasteiger partial charge on any atom is 0.416 e. The Kier molecular flexibility index (Phi) is 3.84. The number of halogens is 3. The first-order chi connectivity index (χ1) is 9.77. The number of nitrogens with zero attached hydrogens (tertiary/aromatic N) is 1. The van der Waals surface area contributed by atoms with E-state index >= 15 is 0 Å². The minimum atomic E-state index is -4.44. The van der Waals surface area contributed by atoms with Crippen molar-refractivity contribution in [3.05, 3.63) is 53.2 Å². The van der Waals surface area contributed by atoms with Crippen LogP contribution in [-0.2, 0) is 6.18 Å². The van der Waals surface area contributed by atoms with Crippen LogP contribution in [0.15, 0.2) is 36.4 Å². The number of benzene rings is 1. The van der Waals surface area contributed by atoms with Crippen LogP contribution in [0.4, 0.5) is 13.2 Å². The van der Waals surface area contributed by atoms with Gasteiger partial charge >= 0.3 is 12.1 Å². The third kappa shape index (κ3) is 3.50. The second kappa shape index (κ2) is 5.43. The summed E-state index contributed by atoms with van der Waals surface area (Å²) in [6.45, 7) is 1.64. The highest BCUT2D eigenvalue weighted by molar-refractivity contribution is 5.90. The van der Waals surface area contributed by atoms with Gasteiger partial charge in [0, 0.05) is 5.69 Å². The highest BCUT2D eigenvalue weighted by Crippen LogP contribution is 2.31. The fourth-order valence-corrected chi connectivity index (χ4v) is 1.60. The second-order valence-electron chi connectivity index (χ2n) is 4.23. The fourth-order valence-electron chi connectivity index (χ4n) is 1.60. The number of hydrogen-bond donors (Lipinski definition) is 1. The van der Waals surface area contributed by atoms with Crippen LogP contribution in [0.25, 0.3) is 0 Å². The van der Waals surface area contributed by atoms with Crippen LogP contribution < -0.4 is 4.74 Å². The summed E-state index contributed by atoms with van der Waals surface area (Å²) in [5.41, 5.74) is -0.451. The van der Waals surface area contributed by atoms with Crippen molar-refractivity contribution >= 4 is 5.97 Å². The molecule has 0 bridgehead atoms. The molecule has 0 aliphatic carbocycles. The summed E-state index contributed by atoms with van der Waals surface area (Å²) in [4.78, 5) is 15.0. The van der Waals surface area contributed by atoms with Crippen LogP contribution in [-0.4, -0.2) is 16.1 Å². The maximum atomic E-state index is 12.4. The number of aryl methyl sites for hydroxylation is 1. The Balaban J connectivity index is 2.30. The quantitative estimate of drug-likeness (QED) is 0.933. The number of carboxylic acid groups (broad SMARTS) is 1. The molecular weight excluding hydrogens is 287 g/mol. The van der Waals surface area contributed by atoms with E-state index in [1.807, 2.05) is 0 Å². The van der Waals surface area contributed by atoms with E-state index in [0.717, 1.165) is 24.3 Å². The molecule has 1 aromatic heterocycles. The van der Waals surface area contributed by atoms with Crippen LogP contribution in [0.3, 0.4) is 0 Å². The van der Waals surface area contributed by atoms with E-state index in [4.69, 9.17) is 9.84 Å². The molecule has 0 fully saturated rings. The van der Waals surface area contributed by atoms with Crippen LogP contribution in [0.5, 0.6) is 11.6 Å². The van der Waals surface area contributed by atoms with Gasteiger partial charge in [0.05, 0.1) is 5.56 Å². The molecule has 0 radical (unpaired) electrons. The summed E-state index contributed by atoms with van der Waals surface area (Å²) in [6.07, 6.45) is -4.44. The Hall–Kier alpha value is -2.57. The first-order valence-electron chi connectivity index (χ1n) is 5.83. The van der Waals surface area contributed by atoms with E-state index in [9.17, 15) is 18.0 Å². The van der Waals surface area contributed by atoms with Crippen LogP contribution in [0, 0.1) is 6.92 Å². The molecule has 0 spiro atoms. The standard InChI is InChI=1S/C14H10F3NO3/c1-8-2-7-11(13(19)20)12(18-8)21-10-5-3-9(4-6-10)14(15,16)17/h2-7H,1H3,(H,19,20). The van der Waals surface area contributed by atoms with Crippen molar-refractivity contribution in [3.63, 3.8) is 0 Å². The number of aromatic carboxylic acids is 1. The van der Waals surface area contributed by atoms with Gasteiger partial charge in [0.2, 0.25) is 5.88 Å². The summed E-state index contributed by atoms with van der Waals surface area (Å²) in [5, 5.41) is 9.02. The van der Waals surface area contributed by atoms with Crippen molar-refractivity contribution in [2.45, 2.75) is 13.1 Å². The molecule has 0 unspecified atom stereocenters. The van der Waals surface area contributed by atoms with Crippen molar-refractivity contribution < 1.29 is 27.8 Å². The third-order valence-electron chi connectivity index (χ3n) is 2.63. The average molecular weight is 297 g/mol. The number of hydrogen-bond acceptors (Lipinski definition) is 3. The van der Waals surface area contributed by atoms with Gasteiger partial charge in [0.15, 0.2) is 0 Å². The molecule has 4 nitrogen and oxygen atoms in total. The third-order valence-corrected chi connectivity index (χ3v) is 2.63. The van der Waals surface area contributed by atoms with Gasteiger partial charge in [-0.05, 0) is 43.3 Å². The van der Waals surface area contributed by atoms with Gasteiger partial charge in [-0.15, -0.1) is 0 Å². The van der Waals surface area contributed by atoms with Gasteiger partial charge in [0.25, 0.3) is 0 Å².